The van der Waals surface area contributed by atoms with Gasteiger partial charge in [0.1, 0.15) is 0 Å². The van der Waals surface area contributed by atoms with E-state index in [9.17, 15) is 0 Å². The van der Waals surface area contributed by atoms with Crippen LogP contribution in [0.5, 0.6) is 0 Å². The van der Waals surface area contributed by atoms with E-state index in [4.69, 9.17) is 5.73 Å². The highest BCUT2D eigenvalue weighted by Crippen LogP contribution is 2.34. The summed E-state index contributed by atoms with van der Waals surface area (Å²) in [5.41, 5.74) is 7.39. The Hall–Kier alpha value is -0.870. The molecular formula is C15H28N4. The van der Waals surface area contributed by atoms with E-state index in [1.807, 2.05) is 12.5 Å². The summed E-state index contributed by atoms with van der Waals surface area (Å²) in [6, 6.07) is 1.62. The predicted molar refractivity (Wildman–Crippen MR) is 78.9 cm³/mol. The summed E-state index contributed by atoms with van der Waals surface area (Å²) >= 11 is 0. The molecule has 0 bridgehead atoms. The number of rotatable bonds is 6. The van der Waals surface area contributed by atoms with Gasteiger partial charge in [-0.1, -0.05) is 13.8 Å². The second kappa shape index (κ2) is 6.53. The Kier molecular flexibility index (Phi) is 4.99. The zero-order chi connectivity index (χ0) is 13.8. The normalized spacial score (nSPS) is 25.9. The van der Waals surface area contributed by atoms with Crippen molar-refractivity contribution in [1.82, 2.24) is 14.5 Å². The molecule has 0 amide bonds. The van der Waals surface area contributed by atoms with Gasteiger partial charge in [-0.25, -0.2) is 4.98 Å². The Bertz CT molecular complexity index is 387. The van der Waals surface area contributed by atoms with Crippen LogP contribution < -0.4 is 5.73 Å². The minimum absolute atomic E-state index is 0.316. The van der Waals surface area contributed by atoms with Gasteiger partial charge in [-0.3, -0.25) is 4.90 Å². The molecule has 1 fully saturated rings. The summed E-state index contributed by atoms with van der Waals surface area (Å²) in [6.45, 7) is 8.53. The van der Waals surface area contributed by atoms with Crippen molar-refractivity contribution in [2.45, 2.75) is 71.1 Å². The van der Waals surface area contributed by atoms with Crippen molar-refractivity contribution < 1.29 is 0 Å². The number of aromatic nitrogens is 2. The predicted octanol–water partition coefficient (Wildman–Crippen LogP) is 2.56. The van der Waals surface area contributed by atoms with E-state index in [2.05, 4.69) is 35.2 Å². The van der Waals surface area contributed by atoms with Crippen LogP contribution in [0.4, 0.5) is 0 Å². The zero-order valence-corrected chi connectivity index (χ0v) is 12.5. The molecule has 4 heteroatoms. The summed E-state index contributed by atoms with van der Waals surface area (Å²) in [5, 5.41) is 0. The molecule has 0 spiro atoms. The summed E-state index contributed by atoms with van der Waals surface area (Å²) < 4.78 is 2.27. The Morgan fingerprint density at radius 3 is 2.84 bits per heavy atom. The van der Waals surface area contributed by atoms with Crippen LogP contribution >= 0.6 is 0 Å². The van der Waals surface area contributed by atoms with E-state index in [-0.39, 0.29) is 0 Å². The summed E-state index contributed by atoms with van der Waals surface area (Å²) in [4.78, 5) is 6.97. The first-order valence-corrected chi connectivity index (χ1v) is 7.70. The first-order valence-electron chi connectivity index (χ1n) is 7.70. The Morgan fingerprint density at radius 2 is 2.21 bits per heavy atom. The molecule has 4 nitrogen and oxygen atoms in total. The first-order chi connectivity index (χ1) is 9.22. The Balaban J connectivity index is 2.25. The highest BCUT2D eigenvalue weighted by molar-refractivity contribution is 5.09. The molecule has 3 unspecified atom stereocenters. The maximum absolute atomic E-state index is 6.11. The fourth-order valence-electron chi connectivity index (χ4n) is 3.50. The van der Waals surface area contributed by atoms with Crippen molar-refractivity contribution in [1.29, 1.82) is 0 Å². The lowest BCUT2D eigenvalue weighted by Gasteiger charge is -2.35. The molecule has 1 aromatic heterocycles. The van der Waals surface area contributed by atoms with Crippen LogP contribution in [0.2, 0.25) is 0 Å². The Labute approximate surface area is 117 Å². The molecule has 0 aliphatic carbocycles. The van der Waals surface area contributed by atoms with Gasteiger partial charge in [0.2, 0.25) is 0 Å². The quantitative estimate of drug-likeness (QED) is 0.859. The largest absolute Gasteiger partial charge is 0.333 e. The number of hydrogen-bond donors (Lipinski definition) is 1. The SMILES string of the molecule is CCCn1cncc1C(CN)N1C(C)CCC1CC. The third-order valence-corrected chi connectivity index (χ3v) is 4.45. The lowest BCUT2D eigenvalue weighted by molar-refractivity contribution is 0.131. The van der Waals surface area contributed by atoms with E-state index in [0.29, 0.717) is 24.7 Å². The third-order valence-electron chi connectivity index (χ3n) is 4.45. The van der Waals surface area contributed by atoms with E-state index < -0.39 is 0 Å². The molecule has 0 radical (unpaired) electrons. The molecule has 1 saturated heterocycles. The maximum atomic E-state index is 6.11. The van der Waals surface area contributed by atoms with Crippen molar-refractivity contribution in [3.8, 4) is 0 Å². The number of nitrogens with two attached hydrogens (primary N) is 1. The topological polar surface area (TPSA) is 47.1 Å². The molecular weight excluding hydrogens is 236 g/mol. The zero-order valence-electron chi connectivity index (χ0n) is 12.5. The number of aryl methyl sites for hydroxylation is 1. The number of likely N-dealkylation sites (tertiary alicyclic amines) is 1. The third kappa shape index (κ3) is 2.84. The molecule has 2 heterocycles. The molecule has 3 atom stereocenters. The van der Waals surface area contributed by atoms with Gasteiger partial charge in [-0.2, -0.15) is 0 Å². The molecule has 0 saturated carbocycles. The van der Waals surface area contributed by atoms with Crippen molar-refractivity contribution in [3.05, 3.63) is 18.2 Å². The van der Waals surface area contributed by atoms with Gasteiger partial charge in [0, 0.05) is 31.4 Å². The monoisotopic (exact) mass is 264 g/mol. The van der Waals surface area contributed by atoms with Gasteiger partial charge in [0.25, 0.3) is 0 Å². The lowest BCUT2D eigenvalue weighted by Crippen LogP contribution is -2.41. The van der Waals surface area contributed by atoms with Gasteiger partial charge < -0.3 is 10.3 Å². The van der Waals surface area contributed by atoms with E-state index in [1.165, 1.54) is 25.0 Å². The summed E-state index contributed by atoms with van der Waals surface area (Å²) in [5.74, 6) is 0. The van der Waals surface area contributed by atoms with Crippen LogP contribution in [-0.4, -0.2) is 33.1 Å². The van der Waals surface area contributed by atoms with Crippen LogP contribution in [-0.2, 0) is 6.54 Å². The van der Waals surface area contributed by atoms with Crippen LogP contribution in [0.3, 0.4) is 0 Å². The van der Waals surface area contributed by atoms with Gasteiger partial charge in [-0.15, -0.1) is 0 Å². The van der Waals surface area contributed by atoms with Gasteiger partial charge >= 0.3 is 0 Å². The molecule has 1 aromatic rings. The molecule has 19 heavy (non-hydrogen) atoms. The average Bonchev–Trinajstić information content (AvgIpc) is 3.00. The highest BCUT2D eigenvalue weighted by atomic mass is 15.3. The summed E-state index contributed by atoms with van der Waals surface area (Å²) in [7, 11) is 0. The van der Waals surface area contributed by atoms with Crippen molar-refractivity contribution in [3.63, 3.8) is 0 Å². The van der Waals surface area contributed by atoms with Crippen molar-refractivity contribution >= 4 is 0 Å². The standard InChI is InChI=1S/C15H28N4/c1-4-8-18-11-17-10-15(18)14(9-16)19-12(3)6-7-13(19)5-2/h10-14H,4-9,16H2,1-3H3. The number of imidazole rings is 1. The smallest absolute Gasteiger partial charge is 0.0948 e. The minimum Gasteiger partial charge on any atom is -0.333 e. The molecule has 0 aromatic carbocycles. The molecule has 2 N–H and O–H groups in total. The number of nitrogens with zero attached hydrogens (tertiary/aromatic N) is 3. The number of hydrogen-bond acceptors (Lipinski definition) is 3. The molecule has 2 rings (SSSR count). The molecule has 1 aliphatic rings. The highest BCUT2D eigenvalue weighted by Gasteiger charge is 2.35. The minimum atomic E-state index is 0.316. The van der Waals surface area contributed by atoms with Crippen LogP contribution in [0.1, 0.15) is 58.2 Å². The maximum Gasteiger partial charge on any atom is 0.0948 e. The van der Waals surface area contributed by atoms with Crippen molar-refractivity contribution in [2.75, 3.05) is 6.54 Å². The Morgan fingerprint density at radius 1 is 1.42 bits per heavy atom. The van der Waals surface area contributed by atoms with Crippen LogP contribution in [0, 0.1) is 0 Å². The van der Waals surface area contributed by atoms with Gasteiger partial charge in [-0.05, 0) is 32.6 Å². The van der Waals surface area contributed by atoms with Crippen LogP contribution in [0.15, 0.2) is 12.5 Å². The van der Waals surface area contributed by atoms with Crippen LogP contribution in [0.25, 0.3) is 0 Å². The molecule has 1 aliphatic heterocycles. The van der Waals surface area contributed by atoms with E-state index >= 15 is 0 Å². The van der Waals surface area contributed by atoms with Gasteiger partial charge in [0.15, 0.2) is 0 Å². The van der Waals surface area contributed by atoms with Gasteiger partial charge in [0.05, 0.1) is 18.1 Å². The second-order valence-corrected chi connectivity index (χ2v) is 5.70. The van der Waals surface area contributed by atoms with Crippen molar-refractivity contribution in [2.24, 2.45) is 5.73 Å². The average molecular weight is 264 g/mol. The first kappa shape index (κ1) is 14.5. The fraction of sp³-hybridized carbons (Fsp3) is 0.800. The summed E-state index contributed by atoms with van der Waals surface area (Å²) in [6.07, 6.45) is 8.89. The van der Waals surface area contributed by atoms with E-state index in [1.54, 1.807) is 0 Å². The second-order valence-electron chi connectivity index (χ2n) is 5.70. The fourth-order valence-corrected chi connectivity index (χ4v) is 3.50. The van der Waals surface area contributed by atoms with E-state index in [0.717, 1.165) is 13.0 Å². The molecule has 108 valence electrons. The lowest BCUT2D eigenvalue weighted by atomic mass is 10.1.